The van der Waals surface area contributed by atoms with Crippen LogP contribution in [-0.4, -0.2) is 63.0 Å². The molecule has 1 amide bonds. The fourth-order valence-electron chi connectivity index (χ4n) is 3.81. The van der Waals surface area contributed by atoms with Crippen LogP contribution in [0.25, 0.3) is 0 Å². The summed E-state index contributed by atoms with van der Waals surface area (Å²) in [5, 5.41) is 5.57. The number of nitrogens with zero attached hydrogens (tertiary/aromatic N) is 2. The molecule has 1 aromatic rings. The Bertz CT molecular complexity index is 1050. The molecule has 1 aromatic carbocycles. The number of esters is 1. The number of hydrogen-bond donors (Lipinski definition) is 1. The molecule has 2 heterocycles. The lowest BCUT2D eigenvalue weighted by Crippen LogP contribution is -2.38. The highest BCUT2D eigenvalue weighted by Crippen LogP contribution is 2.46. The number of methoxy groups -OCH3 is 3. The normalized spacial score (nSPS) is 17.1. The molecule has 0 unspecified atom stereocenters. The van der Waals surface area contributed by atoms with Gasteiger partial charge in [-0.25, -0.2) is 9.79 Å². The van der Waals surface area contributed by atoms with Crippen molar-refractivity contribution in [1.82, 2.24) is 10.2 Å². The van der Waals surface area contributed by atoms with Gasteiger partial charge in [0.25, 0.3) is 0 Å². The van der Waals surface area contributed by atoms with Crippen LogP contribution in [0.2, 0.25) is 0 Å². The predicted octanol–water partition coefficient (Wildman–Crippen LogP) is 3.63. The number of allylic oxidation sites excluding steroid dienone is 1. The monoisotopic (exact) mass is 503 g/mol. The molecule has 0 fully saturated rings. The van der Waals surface area contributed by atoms with E-state index in [1.54, 1.807) is 34.3 Å². The van der Waals surface area contributed by atoms with E-state index in [2.05, 4.69) is 10.3 Å². The average Bonchev–Trinajstić information content (AvgIpc) is 3.23. The standard InChI is InChI=1S/C25H33N3O6S/c1-15(2)13-26-21(29)12-18-14-35-25-27-16(3)22(24(30)34-10-9-31-4)23(28(18)25)17-7-8-19(32-5)20(11-17)33-6/h7-8,11,14-15,23H,9-10,12-13H2,1-6H3,(H,26,29)/t23-/m1/s1. The molecule has 0 radical (unpaired) electrons. The maximum Gasteiger partial charge on any atom is 0.338 e. The van der Waals surface area contributed by atoms with E-state index < -0.39 is 12.0 Å². The van der Waals surface area contributed by atoms with E-state index in [0.717, 1.165) is 11.3 Å². The van der Waals surface area contributed by atoms with Gasteiger partial charge in [0.05, 0.1) is 44.6 Å². The molecule has 9 nitrogen and oxygen atoms in total. The summed E-state index contributed by atoms with van der Waals surface area (Å²) in [4.78, 5) is 32.5. The van der Waals surface area contributed by atoms with Gasteiger partial charge < -0.3 is 29.2 Å². The average molecular weight is 504 g/mol. The minimum atomic E-state index is -0.559. The summed E-state index contributed by atoms with van der Waals surface area (Å²) >= 11 is 1.43. The molecule has 0 bridgehead atoms. The molecule has 0 aliphatic carbocycles. The van der Waals surface area contributed by atoms with Crippen molar-refractivity contribution in [2.45, 2.75) is 33.2 Å². The molecule has 2 aliphatic rings. The number of ether oxygens (including phenoxy) is 4. The number of carbonyl (C=O) groups excluding carboxylic acids is 2. The summed E-state index contributed by atoms with van der Waals surface area (Å²) in [6, 6.07) is 4.95. The van der Waals surface area contributed by atoms with Crippen LogP contribution in [0.1, 0.15) is 38.8 Å². The lowest BCUT2D eigenvalue weighted by atomic mass is 9.93. The van der Waals surface area contributed by atoms with Crippen molar-refractivity contribution in [2.75, 3.05) is 41.1 Å². The van der Waals surface area contributed by atoms with Crippen molar-refractivity contribution in [3.05, 3.63) is 46.1 Å². The molecule has 3 rings (SSSR count). The highest BCUT2D eigenvalue weighted by atomic mass is 32.2. The van der Waals surface area contributed by atoms with Gasteiger partial charge in [-0.1, -0.05) is 31.7 Å². The van der Waals surface area contributed by atoms with E-state index in [1.165, 1.54) is 11.8 Å². The Morgan fingerprint density at radius 2 is 1.89 bits per heavy atom. The molecular weight excluding hydrogens is 470 g/mol. The Balaban J connectivity index is 2.01. The molecule has 1 atom stereocenters. The van der Waals surface area contributed by atoms with Crippen molar-refractivity contribution in [1.29, 1.82) is 0 Å². The molecule has 0 saturated heterocycles. The zero-order chi connectivity index (χ0) is 25.5. The van der Waals surface area contributed by atoms with E-state index in [0.29, 0.717) is 40.4 Å². The Kier molecular flexibility index (Phi) is 9.22. The Morgan fingerprint density at radius 3 is 2.54 bits per heavy atom. The van der Waals surface area contributed by atoms with Crippen LogP contribution in [-0.2, 0) is 19.1 Å². The van der Waals surface area contributed by atoms with Gasteiger partial charge in [-0.3, -0.25) is 4.79 Å². The number of hydrogen-bond acceptors (Lipinski definition) is 9. The van der Waals surface area contributed by atoms with Gasteiger partial charge in [-0.2, -0.15) is 0 Å². The minimum Gasteiger partial charge on any atom is -0.493 e. The summed E-state index contributed by atoms with van der Waals surface area (Å²) < 4.78 is 21.4. The van der Waals surface area contributed by atoms with Crippen LogP contribution in [0.15, 0.2) is 45.6 Å². The van der Waals surface area contributed by atoms with Crippen molar-refractivity contribution < 1.29 is 28.5 Å². The van der Waals surface area contributed by atoms with Crippen LogP contribution >= 0.6 is 11.8 Å². The van der Waals surface area contributed by atoms with Crippen LogP contribution in [0, 0.1) is 5.92 Å². The van der Waals surface area contributed by atoms with Gasteiger partial charge in [-0.15, -0.1) is 0 Å². The first-order valence-electron chi connectivity index (χ1n) is 11.4. The summed E-state index contributed by atoms with van der Waals surface area (Å²) in [5.74, 6) is 0.879. The zero-order valence-electron chi connectivity index (χ0n) is 21.0. The largest absolute Gasteiger partial charge is 0.493 e. The first-order valence-corrected chi connectivity index (χ1v) is 12.3. The van der Waals surface area contributed by atoms with Crippen molar-refractivity contribution >= 4 is 28.8 Å². The van der Waals surface area contributed by atoms with Gasteiger partial charge in [0.15, 0.2) is 16.7 Å². The SMILES string of the molecule is COCCOC(=O)C1=C(C)N=C2SC=C(CC(=O)NCC(C)C)N2[C@@H]1c1ccc(OC)c(OC)c1. The number of benzene rings is 1. The molecule has 10 heteroatoms. The first-order chi connectivity index (χ1) is 16.8. The maximum absolute atomic E-state index is 13.2. The third-order valence-corrected chi connectivity index (χ3v) is 6.40. The molecule has 0 saturated carbocycles. The third kappa shape index (κ3) is 6.18. The van der Waals surface area contributed by atoms with E-state index in [4.69, 9.17) is 18.9 Å². The van der Waals surface area contributed by atoms with Crippen LogP contribution in [0.4, 0.5) is 0 Å². The van der Waals surface area contributed by atoms with Gasteiger partial charge in [-0.05, 0) is 35.9 Å². The topological polar surface area (TPSA) is 98.7 Å². The maximum atomic E-state index is 13.2. The van der Waals surface area contributed by atoms with Gasteiger partial charge in [0.2, 0.25) is 5.91 Å². The van der Waals surface area contributed by atoms with Gasteiger partial charge >= 0.3 is 5.97 Å². The predicted molar refractivity (Wildman–Crippen MR) is 135 cm³/mol. The summed E-state index contributed by atoms with van der Waals surface area (Å²) in [7, 11) is 4.68. The Morgan fingerprint density at radius 1 is 1.14 bits per heavy atom. The van der Waals surface area contributed by atoms with E-state index in [-0.39, 0.29) is 25.5 Å². The smallest absolute Gasteiger partial charge is 0.338 e. The number of rotatable bonds is 11. The highest BCUT2D eigenvalue weighted by Gasteiger charge is 2.41. The molecular formula is C25H33N3O6S. The van der Waals surface area contributed by atoms with Crippen molar-refractivity contribution in [2.24, 2.45) is 10.9 Å². The molecule has 190 valence electrons. The second-order valence-corrected chi connectivity index (χ2v) is 9.35. The summed E-state index contributed by atoms with van der Waals surface area (Å²) in [6.45, 7) is 6.88. The minimum absolute atomic E-state index is 0.0895. The number of thioether (sulfide) groups is 1. The van der Waals surface area contributed by atoms with Crippen molar-refractivity contribution in [3.8, 4) is 11.5 Å². The van der Waals surface area contributed by atoms with E-state index in [1.807, 2.05) is 36.3 Å². The van der Waals surface area contributed by atoms with E-state index in [9.17, 15) is 9.59 Å². The fourth-order valence-corrected chi connectivity index (χ4v) is 4.77. The summed E-state index contributed by atoms with van der Waals surface area (Å²) in [5.41, 5.74) is 2.49. The van der Waals surface area contributed by atoms with Crippen LogP contribution in [0.3, 0.4) is 0 Å². The van der Waals surface area contributed by atoms with Gasteiger partial charge in [0, 0.05) is 19.4 Å². The molecule has 0 spiro atoms. The molecule has 2 aliphatic heterocycles. The summed E-state index contributed by atoms with van der Waals surface area (Å²) in [6.07, 6.45) is 0.160. The first kappa shape index (κ1) is 26.6. The van der Waals surface area contributed by atoms with Gasteiger partial charge in [0.1, 0.15) is 6.61 Å². The lowest BCUT2D eigenvalue weighted by molar-refractivity contribution is -0.141. The van der Waals surface area contributed by atoms with E-state index >= 15 is 0 Å². The fraction of sp³-hybridized carbons (Fsp3) is 0.480. The third-order valence-electron chi connectivity index (χ3n) is 5.51. The van der Waals surface area contributed by atoms with Crippen LogP contribution in [0.5, 0.6) is 11.5 Å². The van der Waals surface area contributed by atoms with Crippen molar-refractivity contribution in [3.63, 3.8) is 0 Å². The molecule has 0 aromatic heterocycles. The Hall–Kier alpha value is -2.98. The number of aliphatic imine (C=N–C) groups is 1. The van der Waals surface area contributed by atoms with Crippen LogP contribution < -0.4 is 14.8 Å². The lowest BCUT2D eigenvalue weighted by Gasteiger charge is -2.36. The zero-order valence-corrected chi connectivity index (χ0v) is 21.9. The number of amidine groups is 1. The second-order valence-electron chi connectivity index (χ2n) is 8.51. The molecule has 35 heavy (non-hydrogen) atoms. The second kappa shape index (κ2) is 12.1. The highest BCUT2D eigenvalue weighted by molar-refractivity contribution is 8.16. The number of nitrogens with one attached hydrogen (secondary N) is 1. The quantitative estimate of drug-likeness (QED) is 0.361. The molecule has 1 N–H and O–H groups in total. The number of amides is 1. The number of fused-ring (bicyclic) bond motifs is 1. The Labute approximate surface area is 210 Å². The number of carbonyl (C=O) groups is 2.